The van der Waals surface area contributed by atoms with Gasteiger partial charge in [0.25, 0.3) is 0 Å². The van der Waals surface area contributed by atoms with Gasteiger partial charge in [-0.05, 0) is 5.56 Å². The molecule has 2 rings (SSSR count). The predicted octanol–water partition coefficient (Wildman–Crippen LogP) is 1.18. The Kier molecular flexibility index (Phi) is 2.39. The van der Waals surface area contributed by atoms with E-state index in [1.54, 1.807) is 0 Å². The van der Waals surface area contributed by atoms with Gasteiger partial charge in [0, 0.05) is 13.0 Å². The molecule has 0 aromatic heterocycles. The van der Waals surface area contributed by atoms with Gasteiger partial charge in [-0.3, -0.25) is 5.32 Å². The quantitative estimate of drug-likeness (QED) is 0.706. The van der Waals surface area contributed by atoms with Crippen LogP contribution in [0.25, 0.3) is 0 Å². The largest absolute Gasteiger partial charge is 0.362 e. The fourth-order valence-corrected chi connectivity index (χ4v) is 1.44. The molecule has 0 unspecified atom stereocenters. The molecule has 2 nitrogen and oxygen atoms in total. The molecular formula is C10H13NO. The van der Waals surface area contributed by atoms with Crippen molar-refractivity contribution in [3.63, 3.8) is 0 Å². The molecule has 1 saturated heterocycles. The van der Waals surface area contributed by atoms with Crippen molar-refractivity contribution in [1.29, 1.82) is 0 Å². The van der Waals surface area contributed by atoms with Crippen molar-refractivity contribution in [2.45, 2.75) is 12.6 Å². The van der Waals surface area contributed by atoms with E-state index in [0.29, 0.717) is 0 Å². The zero-order valence-corrected chi connectivity index (χ0v) is 6.99. The van der Waals surface area contributed by atoms with Crippen molar-refractivity contribution in [1.82, 2.24) is 5.32 Å². The first kappa shape index (κ1) is 7.77. The average molecular weight is 163 g/mol. The first-order valence-corrected chi connectivity index (χ1v) is 4.34. The van der Waals surface area contributed by atoms with Crippen molar-refractivity contribution in [3.8, 4) is 0 Å². The van der Waals surface area contributed by atoms with E-state index in [2.05, 4.69) is 29.6 Å². The molecule has 0 aliphatic carbocycles. The molecule has 1 heterocycles. The Labute approximate surface area is 72.5 Å². The third kappa shape index (κ3) is 1.84. The van der Waals surface area contributed by atoms with Crippen LogP contribution in [-0.4, -0.2) is 19.4 Å². The minimum atomic E-state index is 0.229. The molecule has 1 fully saturated rings. The summed E-state index contributed by atoms with van der Waals surface area (Å²) >= 11 is 0. The maximum Gasteiger partial charge on any atom is 0.112 e. The summed E-state index contributed by atoms with van der Waals surface area (Å²) < 4.78 is 5.45. The van der Waals surface area contributed by atoms with E-state index in [1.165, 1.54) is 5.56 Å². The predicted molar refractivity (Wildman–Crippen MR) is 47.9 cm³/mol. The smallest absolute Gasteiger partial charge is 0.112 e. The second-order valence-electron chi connectivity index (χ2n) is 3.00. The van der Waals surface area contributed by atoms with Gasteiger partial charge in [-0.25, -0.2) is 0 Å². The maximum absolute atomic E-state index is 5.45. The van der Waals surface area contributed by atoms with Crippen LogP contribution in [0.5, 0.6) is 0 Å². The van der Waals surface area contributed by atoms with Gasteiger partial charge in [0.2, 0.25) is 0 Å². The molecule has 1 aromatic rings. The zero-order valence-electron chi connectivity index (χ0n) is 6.99. The highest BCUT2D eigenvalue weighted by Gasteiger charge is 2.13. The summed E-state index contributed by atoms with van der Waals surface area (Å²) in [6, 6.07) is 10.4. The number of rotatable bonds is 2. The summed E-state index contributed by atoms with van der Waals surface area (Å²) in [4.78, 5) is 0. The minimum Gasteiger partial charge on any atom is -0.362 e. The first-order chi connectivity index (χ1) is 5.95. The van der Waals surface area contributed by atoms with E-state index in [9.17, 15) is 0 Å². The fraction of sp³-hybridized carbons (Fsp3) is 0.400. The lowest BCUT2D eigenvalue weighted by atomic mass is 10.1. The lowest BCUT2D eigenvalue weighted by molar-refractivity contribution is 0.102. The molecule has 0 radical (unpaired) electrons. The molecular weight excluding hydrogens is 150 g/mol. The maximum atomic E-state index is 5.45. The number of ether oxygens (including phenoxy) is 1. The first-order valence-electron chi connectivity index (χ1n) is 4.34. The van der Waals surface area contributed by atoms with Gasteiger partial charge in [0.15, 0.2) is 0 Å². The Morgan fingerprint density at radius 1 is 1.33 bits per heavy atom. The van der Waals surface area contributed by atoms with Crippen LogP contribution in [0.4, 0.5) is 0 Å². The van der Waals surface area contributed by atoms with E-state index >= 15 is 0 Å². The fourth-order valence-electron chi connectivity index (χ4n) is 1.44. The van der Waals surface area contributed by atoms with Crippen molar-refractivity contribution in [2.24, 2.45) is 0 Å². The molecule has 0 saturated carbocycles. The molecule has 1 aliphatic heterocycles. The summed E-state index contributed by atoms with van der Waals surface area (Å²) in [5.74, 6) is 0. The number of hydrogen-bond donors (Lipinski definition) is 1. The van der Waals surface area contributed by atoms with Gasteiger partial charge >= 0.3 is 0 Å². The lowest BCUT2D eigenvalue weighted by Gasteiger charge is -2.08. The van der Waals surface area contributed by atoms with E-state index in [4.69, 9.17) is 4.74 Å². The molecule has 12 heavy (non-hydrogen) atoms. The monoisotopic (exact) mass is 163 g/mol. The third-order valence-corrected chi connectivity index (χ3v) is 2.06. The zero-order chi connectivity index (χ0) is 8.23. The van der Waals surface area contributed by atoms with Gasteiger partial charge in [-0.15, -0.1) is 0 Å². The van der Waals surface area contributed by atoms with Crippen LogP contribution in [0.15, 0.2) is 30.3 Å². The molecule has 1 N–H and O–H groups in total. The number of hydrogen-bond acceptors (Lipinski definition) is 2. The van der Waals surface area contributed by atoms with E-state index < -0.39 is 0 Å². The minimum absolute atomic E-state index is 0.229. The molecule has 2 heteroatoms. The summed E-state index contributed by atoms with van der Waals surface area (Å²) in [7, 11) is 0. The molecule has 0 spiro atoms. The Morgan fingerprint density at radius 3 is 2.83 bits per heavy atom. The lowest BCUT2D eigenvalue weighted by Crippen LogP contribution is -2.24. The topological polar surface area (TPSA) is 21.3 Å². The van der Waals surface area contributed by atoms with Crippen LogP contribution in [-0.2, 0) is 11.2 Å². The van der Waals surface area contributed by atoms with Crippen LogP contribution in [0.3, 0.4) is 0 Å². The highest BCUT2D eigenvalue weighted by Crippen LogP contribution is 2.06. The normalized spacial score (nSPS) is 22.8. The number of benzene rings is 1. The molecule has 1 aromatic carbocycles. The Balaban J connectivity index is 1.94. The van der Waals surface area contributed by atoms with Crippen LogP contribution in [0, 0.1) is 0 Å². The highest BCUT2D eigenvalue weighted by atomic mass is 16.5. The third-order valence-electron chi connectivity index (χ3n) is 2.06. The SMILES string of the molecule is c1ccc(C[C@@H]2NCCO2)cc1. The van der Waals surface area contributed by atoms with E-state index in [1.807, 2.05) is 6.07 Å². The van der Waals surface area contributed by atoms with Crippen molar-refractivity contribution >= 4 is 0 Å². The second-order valence-corrected chi connectivity index (χ2v) is 3.00. The molecule has 0 amide bonds. The van der Waals surface area contributed by atoms with Gasteiger partial charge in [0.05, 0.1) is 6.61 Å². The summed E-state index contributed by atoms with van der Waals surface area (Å²) in [5.41, 5.74) is 1.33. The van der Waals surface area contributed by atoms with Crippen molar-refractivity contribution < 1.29 is 4.74 Å². The van der Waals surface area contributed by atoms with Gasteiger partial charge in [-0.2, -0.15) is 0 Å². The van der Waals surface area contributed by atoms with Gasteiger partial charge in [0.1, 0.15) is 6.23 Å². The molecule has 64 valence electrons. The Hall–Kier alpha value is -0.860. The van der Waals surface area contributed by atoms with Crippen LogP contribution < -0.4 is 5.32 Å². The van der Waals surface area contributed by atoms with Crippen LogP contribution >= 0.6 is 0 Å². The van der Waals surface area contributed by atoms with Crippen molar-refractivity contribution in [3.05, 3.63) is 35.9 Å². The molecule has 1 aliphatic rings. The molecule has 1 atom stereocenters. The van der Waals surface area contributed by atoms with Crippen LogP contribution in [0.2, 0.25) is 0 Å². The summed E-state index contributed by atoms with van der Waals surface area (Å²) in [6.07, 6.45) is 1.20. The summed E-state index contributed by atoms with van der Waals surface area (Å²) in [5, 5.41) is 3.28. The van der Waals surface area contributed by atoms with Gasteiger partial charge < -0.3 is 4.74 Å². The van der Waals surface area contributed by atoms with E-state index in [-0.39, 0.29) is 6.23 Å². The highest BCUT2D eigenvalue weighted by molar-refractivity contribution is 5.15. The van der Waals surface area contributed by atoms with Crippen molar-refractivity contribution in [2.75, 3.05) is 13.2 Å². The second kappa shape index (κ2) is 3.70. The Morgan fingerprint density at radius 2 is 2.17 bits per heavy atom. The van der Waals surface area contributed by atoms with E-state index in [0.717, 1.165) is 19.6 Å². The average Bonchev–Trinajstić information content (AvgIpc) is 2.59. The standard InChI is InChI=1S/C10H13NO/c1-2-4-9(5-3-1)8-10-11-6-7-12-10/h1-5,10-11H,6-8H2/t10-/m1/s1. The Bertz CT molecular complexity index is 229. The number of nitrogens with one attached hydrogen (secondary N) is 1. The summed E-state index contributed by atoms with van der Waals surface area (Å²) in [6.45, 7) is 1.83. The van der Waals surface area contributed by atoms with Gasteiger partial charge in [-0.1, -0.05) is 30.3 Å². The van der Waals surface area contributed by atoms with Crippen LogP contribution in [0.1, 0.15) is 5.56 Å². The molecule has 0 bridgehead atoms.